The summed E-state index contributed by atoms with van der Waals surface area (Å²) in [5.41, 5.74) is 1.41. The molecule has 1 rings (SSSR count). The number of hydrogen-bond acceptors (Lipinski definition) is 2. The van der Waals surface area contributed by atoms with E-state index in [1.807, 2.05) is 12.1 Å². The molecule has 0 heterocycles. The highest BCUT2D eigenvalue weighted by molar-refractivity contribution is 9.10. The predicted octanol–water partition coefficient (Wildman–Crippen LogP) is 4.54. The molecule has 0 saturated carbocycles. The van der Waals surface area contributed by atoms with Crippen molar-refractivity contribution in [3.8, 4) is 5.75 Å². The minimum absolute atomic E-state index is 0.185. The Balaban J connectivity index is 3.24. The molecule has 0 bridgehead atoms. The van der Waals surface area contributed by atoms with Gasteiger partial charge in [-0.3, -0.25) is 0 Å². The van der Waals surface area contributed by atoms with E-state index in [-0.39, 0.29) is 5.41 Å². The highest BCUT2D eigenvalue weighted by Crippen LogP contribution is 2.40. The molecule has 1 atom stereocenters. The fourth-order valence-electron chi connectivity index (χ4n) is 2.15. The standard InChI is InChI=1S/C15H24BrNO/c1-6-15(3,4)14(17-7-2)12-10-11(16)8-9-13(12)18-5/h8-10,14,17H,6-7H2,1-5H3. The van der Waals surface area contributed by atoms with E-state index in [1.165, 1.54) is 5.56 Å². The van der Waals surface area contributed by atoms with Crippen LogP contribution in [0.2, 0.25) is 0 Å². The van der Waals surface area contributed by atoms with Crippen LogP contribution < -0.4 is 10.1 Å². The first-order chi connectivity index (χ1) is 8.46. The van der Waals surface area contributed by atoms with Crippen molar-refractivity contribution in [1.82, 2.24) is 5.32 Å². The lowest BCUT2D eigenvalue weighted by atomic mass is 9.78. The van der Waals surface area contributed by atoms with Crippen LogP contribution in [0.4, 0.5) is 0 Å². The topological polar surface area (TPSA) is 21.3 Å². The van der Waals surface area contributed by atoms with Crippen LogP contribution >= 0.6 is 15.9 Å². The Morgan fingerprint density at radius 1 is 1.33 bits per heavy atom. The number of ether oxygens (including phenoxy) is 1. The molecule has 0 aliphatic carbocycles. The largest absolute Gasteiger partial charge is 0.496 e. The van der Waals surface area contributed by atoms with Crippen LogP contribution in [-0.4, -0.2) is 13.7 Å². The summed E-state index contributed by atoms with van der Waals surface area (Å²) in [5.74, 6) is 0.950. The van der Waals surface area contributed by atoms with Gasteiger partial charge in [0.2, 0.25) is 0 Å². The van der Waals surface area contributed by atoms with E-state index in [0.29, 0.717) is 6.04 Å². The molecule has 18 heavy (non-hydrogen) atoms. The quantitative estimate of drug-likeness (QED) is 0.832. The second kappa shape index (κ2) is 6.58. The van der Waals surface area contributed by atoms with Crippen LogP contribution in [0.25, 0.3) is 0 Å². The summed E-state index contributed by atoms with van der Waals surface area (Å²) >= 11 is 3.55. The summed E-state index contributed by atoms with van der Waals surface area (Å²) in [7, 11) is 1.73. The van der Waals surface area contributed by atoms with Crippen LogP contribution in [0.3, 0.4) is 0 Å². The Hall–Kier alpha value is -0.540. The van der Waals surface area contributed by atoms with Gasteiger partial charge in [-0.05, 0) is 36.6 Å². The molecule has 0 saturated heterocycles. The highest BCUT2D eigenvalue weighted by Gasteiger charge is 2.30. The van der Waals surface area contributed by atoms with Gasteiger partial charge in [-0.1, -0.05) is 43.6 Å². The second-order valence-electron chi connectivity index (χ2n) is 5.22. The number of halogens is 1. The average molecular weight is 314 g/mol. The highest BCUT2D eigenvalue weighted by atomic mass is 79.9. The van der Waals surface area contributed by atoms with Crippen molar-refractivity contribution in [2.45, 2.75) is 40.2 Å². The van der Waals surface area contributed by atoms with E-state index in [9.17, 15) is 0 Å². The van der Waals surface area contributed by atoms with Crippen molar-refractivity contribution < 1.29 is 4.74 Å². The van der Waals surface area contributed by atoms with Crippen LogP contribution in [0.1, 0.15) is 45.7 Å². The second-order valence-corrected chi connectivity index (χ2v) is 6.13. The molecule has 102 valence electrons. The van der Waals surface area contributed by atoms with Gasteiger partial charge in [-0.25, -0.2) is 0 Å². The molecule has 1 aromatic rings. The Bertz CT molecular complexity index is 390. The van der Waals surface area contributed by atoms with Gasteiger partial charge in [-0.15, -0.1) is 0 Å². The van der Waals surface area contributed by atoms with Gasteiger partial charge < -0.3 is 10.1 Å². The molecule has 0 amide bonds. The van der Waals surface area contributed by atoms with Gasteiger partial charge in [0, 0.05) is 16.1 Å². The van der Waals surface area contributed by atoms with Crippen LogP contribution in [0, 0.1) is 5.41 Å². The number of methoxy groups -OCH3 is 1. The molecule has 0 radical (unpaired) electrons. The van der Waals surface area contributed by atoms with Crippen molar-refractivity contribution >= 4 is 15.9 Å². The third-order valence-corrected chi connectivity index (χ3v) is 4.10. The van der Waals surface area contributed by atoms with Gasteiger partial charge in [0.05, 0.1) is 7.11 Å². The maximum atomic E-state index is 5.51. The summed E-state index contributed by atoms with van der Waals surface area (Å²) in [6, 6.07) is 6.49. The summed E-state index contributed by atoms with van der Waals surface area (Å²) in [6.07, 6.45) is 1.11. The Labute approximate surface area is 119 Å². The first-order valence-corrected chi connectivity index (χ1v) is 7.32. The molecule has 3 heteroatoms. The number of rotatable bonds is 6. The third kappa shape index (κ3) is 3.48. The summed E-state index contributed by atoms with van der Waals surface area (Å²) in [6.45, 7) is 9.91. The third-order valence-electron chi connectivity index (χ3n) is 3.60. The molecular formula is C15H24BrNO. The van der Waals surface area contributed by atoms with Gasteiger partial charge >= 0.3 is 0 Å². The first-order valence-electron chi connectivity index (χ1n) is 6.53. The molecule has 0 aliphatic heterocycles. The Morgan fingerprint density at radius 2 is 2.00 bits per heavy atom. The van der Waals surface area contributed by atoms with Crippen LogP contribution in [0.5, 0.6) is 5.75 Å². The Morgan fingerprint density at radius 3 is 2.50 bits per heavy atom. The number of benzene rings is 1. The minimum Gasteiger partial charge on any atom is -0.496 e. The predicted molar refractivity (Wildman–Crippen MR) is 81.2 cm³/mol. The van der Waals surface area contributed by atoms with Crippen molar-refractivity contribution in [3.05, 3.63) is 28.2 Å². The van der Waals surface area contributed by atoms with E-state index < -0.39 is 0 Å². The van der Waals surface area contributed by atoms with Gasteiger partial charge in [0.1, 0.15) is 5.75 Å². The van der Waals surface area contributed by atoms with E-state index in [0.717, 1.165) is 23.2 Å². The zero-order valence-corrected chi connectivity index (χ0v) is 13.6. The number of nitrogens with one attached hydrogen (secondary N) is 1. The van der Waals surface area contributed by atoms with Crippen molar-refractivity contribution in [2.24, 2.45) is 5.41 Å². The lowest BCUT2D eigenvalue weighted by Gasteiger charge is -2.35. The molecule has 2 nitrogen and oxygen atoms in total. The van der Waals surface area contributed by atoms with Gasteiger partial charge in [-0.2, -0.15) is 0 Å². The molecular weight excluding hydrogens is 290 g/mol. The monoisotopic (exact) mass is 313 g/mol. The molecule has 1 aromatic carbocycles. The smallest absolute Gasteiger partial charge is 0.123 e. The molecule has 1 N–H and O–H groups in total. The molecule has 0 spiro atoms. The normalized spacial score (nSPS) is 13.4. The van der Waals surface area contributed by atoms with Crippen LogP contribution in [0.15, 0.2) is 22.7 Å². The Kier molecular flexibility index (Phi) is 5.67. The average Bonchev–Trinajstić information content (AvgIpc) is 2.35. The molecule has 0 aliphatic rings. The molecule has 0 aromatic heterocycles. The van der Waals surface area contributed by atoms with Crippen LogP contribution in [-0.2, 0) is 0 Å². The zero-order valence-electron chi connectivity index (χ0n) is 12.0. The van der Waals surface area contributed by atoms with E-state index in [1.54, 1.807) is 7.11 Å². The summed E-state index contributed by atoms with van der Waals surface area (Å²) in [5, 5.41) is 3.59. The zero-order chi connectivity index (χ0) is 13.8. The van der Waals surface area contributed by atoms with E-state index >= 15 is 0 Å². The van der Waals surface area contributed by atoms with Gasteiger partial charge in [0.25, 0.3) is 0 Å². The van der Waals surface area contributed by atoms with E-state index in [2.05, 4.69) is 55.0 Å². The first kappa shape index (κ1) is 15.5. The SMILES string of the molecule is CCNC(c1cc(Br)ccc1OC)C(C)(C)CC. The minimum atomic E-state index is 0.185. The lowest BCUT2D eigenvalue weighted by molar-refractivity contribution is 0.231. The molecule has 1 unspecified atom stereocenters. The van der Waals surface area contributed by atoms with Crippen molar-refractivity contribution in [1.29, 1.82) is 0 Å². The fraction of sp³-hybridized carbons (Fsp3) is 0.600. The van der Waals surface area contributed by atoms with Crippen molar-refractivity contribution in [3.63, 3.8) is 0 Å². The molecule has 0 fully saturated rings. The van der Waals surface area contributed by atoms with Gasteiger partial charge in [0.15, 0.2) is 0 Å². The fourth-order valence-corrected chi connectivity index (χ4v) is 2.53. The maximum Gasteiger partial charge on any atom is 0.123 e. The van der Waals surface area contributed by atoms with Crippen molar-refractivity contribution in [2.75, 3.05) is 13.7 Å². The summed E-state index contributed by atoms with van der Waals surface area (Å²) in [4.78, 5) is 0. The maximum absolute atomic E-state index is 5.51. The lowest BCUT2D eigenvalue weighted by Crippen LogP contribution is -2.34. The number of hydrogen-bond donors (Lipinski definition) is 1. The van der Waals surface area contributed by atoms with E-state index in [4.69, 9.17) is 4.74 Å². The summed E-state index contributed by atoms with van der Waals surface area (Å²) < 4.78 is 6.60.